The molecule has 0 saturated heterocycles. The van der Waals surface area contributed by atoms with Crippen molar-refractivity contribution in [3.8, 4) is 0 Å². The van der Waals surface area contributed by atoms with Crippen molar-refractivity contribution in [1.29, 1.82) is 0 Å². The van der Waals surface area contributed by atoms with Crippen LogP contribution in [0.25, 0.3) is 0 Å². The third-order valence-electron chi connectivity index (χ3n) is 0.672. The Morgan fingerprint density at radius 3 is 2.11 bits per heavy atom. The number of nitrogens with zero attached hydrogens (tertiary/aromatic N) is 1. The summed E-state index contributed by atoms with van der Waals surface area (Å²) >= 11 is 0. The number of rotatable bonds is 4. The summed E-state index contributed by atoms with van der Waals surface area (Å²) in [5, 5.41) is 8.99. The summed E-state index contributed by atoms with van der Waals surface area (Å²) in [6.07, 6.45) is 0. The smallest absolute Gasteiger partial charge is 0.322 e. The largest absolute Gasteiger partial charge is 0.480 e. The van der Waals surface area contributed by atoms with Crippen molar-refractivity contribution in [2.75, 3.05) is 20.8 Å². The Hall–Kier alpha value is -0.650. The summed E-state index contributed by atoms with van der Waals surface area (Å²) in [6, 6.07) is 0. The van der Waals surface area contributed by atoms with Crippen LogP contribution in [0.4, 0.5) is 0 Å². The van der Waals surface area contributed by atoms with Crippen LogP contribution in [0.5, 0.6) is 0 Å². The molecule has 0 spiro atoms. The molecule has 0 amide bonds. The Morgan fingerprint density at radius 2 is 2.00 bits per heavy atom. The summed E-state index contributed by atoms with van der Waals surface area (Å²) in [4.78, 5) is 18.8. The second-order valence-electron chi connectivity index (χ2n) is 1.25. The van der Waals surface area contributed by atoms with E-state index in [4.69, 9.17) is 5.11 Å². The monoisotopic (exact) mass is 135 g/mol. The van der Waals surface area contributed by atoms with Crippen LogP contribution in [0.2, 0.25) is 0 Å². The first-order valence-electron chi connectivity index (χ1n) is 2.28. The summed E-state index contributed by atoms with van der Waals surface area (Å²) in [6.45, 7) is -0.285. The average Bonchev–Trinajstić information content (AvgIpc) is 1.82. The van der Waals surface area contributed by atoms with Crippen LogP contribution in [-0.4, -0.2) is 37.1 Å². The molecule has 0 aromatic carbocycles. The molecule has 0 heterocycles. The Kier molecular flexibility index (Phi) is 3.94. The molecule has 5 heteroatoms. The van der Waals surface area contributed by atoms with Crippen molar-refractivity contribution in [3.05, 3.63) is 0 Å². The Bertz CT molecular complexity index is 90.6. The molecule has 0 aromatic heterocycles. The van der Waals surface area contributed by atoms with Gasteiger partial charge in [-0.1, -0.05) is 5.23 Å². The zero-order chi connectivity index (χ0) is 7.28. The van der Waals surface area contributed by atoms with E-state index < -0.39 is 5.97 Å². The SMILES string of the molecule is CON(CC(=O)O)OC. The first-order chi connectivity index (χ1) is 4.20. The molecule has 9 heavy (non-hydrogen) atoms. The molecule has 0 saturated carbocycles. The van der Waals surface area contributed by atoms with Crippen molar-refractivity contribution in [3.63, 3.8) is 0 Å². The lowest BCUT2D eigenvalue weighted by atomic mass is 10.7. The molecule has 1 N–H and O–H groups in total. The van der Waals surface area contributed by atoms with E-state index in [9.17, 15) is 4.79 Å². The highest BCUT2D eigenvalue weighted by Gasteiger charge is 2.05. The summed E-state index contributed by atoms with van der Waals surface area (Å²) < 4.78 is 0. The summed E-state index contributed by atoms with van der Waals surface area (Å²) in [5.74, 6) is -1.00. The fraction of sp³-hybridized carbons (Fsp3) is 0.750. The van der Waals surface area contributed by atoms with Crippen molar-refractivity contribution in [1.82, 2.24) is 5.23 Å². The summed E-state index contributed by atoms with van der Waals surface area (Å²) in [5.41, 5.74) is 0. The molecule has 0 fully saturated rings. The quantitative estimate of drug-likeness (QED) is 0.526. The molecule has 0 atom stereocenters. The first-order valence-corrected chi connectivity index (χ1v) is 2.28. The maximum absolute atomic E-state index is 9.93. The number of hydrogen-bond donors (Lipinski definition) is 1. The van der Waals surface area contributed by atoms with Gasteiger partial charge in [0, 0.05) is 0 Å². The van der Waals surface area contributed by atoms with E-state index in [1.54, 1.807) is 0 Å². The van der Waals surface area contributed by atoms with E-state index in [0.29, 0.717) is 0 Å². The average molecular weight is 135 g/mol. The molecule has 0 aromatic rings. The van der Waals surface area contributed by atoms with Crippen LogP contribution in [0.15, 0.2) is 0 Å². The summed E-state index contributed by atoms with van der Waals surface area (Å²) in [7, 11) is 2.65. The fourth-order valence-electron chi connectivity index (χ4n) is 0.314. The second kappa shape index (κ2) is 4.25. The fourth-order valence-corrected chi connectivity index (χ4v) is 0.314. The predicted octanol–water partition coefficient (Wildman–Crippen LogP) is -0.504. The van der Waals surface area contributed by atoms with Gasteiger partial charge < -0.3 is 5.11 Å². The lowest BCUT2D eigenvalue weighted by Gasteiger charge is -2.12. The number of aliphatic carboxylic acids is 1. The molecule has 54 valence electrons. The number of carbonyl (C=O) groups is 1. The van der Waals surface area contributed by atoms with Crippen LogP contribution in [0.1, 0.15) is 0 Å². The van der Waals surface area contributed by atoms with Crippen molar-refractivity contribution >= 4 is 5.97 Å². The molecule has 0 unspecified atom stereocenters. The number of carboxylic acids is 1. The maximum atomic E-state index is 9.93. The normalized spacial score (nSPS) is 10.1. The van der Waals surface area contributed by atoms with Crippen LogP contribution in [-0.2, 0) is 14.5 Å². The Morgan fingerprint density at radius 1 is 1.56 bits per heavy atom. The molecular formula is C4H9NO4. The topological polar surface area (TPSA) is 59.0 Å². The molecular weight excluding hydrogens is 126 g/mol. The van der Waals surface area contributed by atoms with Gasteiger partial charge in [0.2, 0.25) is 0 Å². The Labute approximate surface area is 52.7 Å². The van der Waals surface area contributed by atoms with Gasteiger partial charge in [-0.05, 0) is 0 Å². The highest BCUT2D eigenvalue weighted by molar-refractivity contribution is 5.68. The van der Waals surface area contributed by atoms with Crippen LogP contribution in [0, 0.1) is 0 Å². The standard InChI is InChI=1S/C4H9NO4/c1-8-5(9-2)3-4(6)7/h3H2,1-2H3,(H,6,7). The zero-order valence-electron chi connectivity index (χ0n) is 5.33. The zero-order valence-corrected chi connectivity index (χ0v) is 5.33. The van der Waals surface area contributed by atoms with E-state index in [-0.39, 0.29) is 6.54 Å². The molecule has 0 aliphatic heterocycles. The van der Waals surface area contributed by atoms with E-state index >= 15 is 0 Å². The third kappa shape index (κ3) is 3.89. The van der Waals surface area contributed by atoms with Gasteiger partial charge in [-0.3, -0.25) is 14.5 Å². The highest BCUT2D eigenvalue weighted by Crippen LogP contribution is 1.85. The maximum Gasteiger partial charge on any atom is 0.322 e. The minimum absolute atomic E-state index is 0.285. The number of hydrogen-bond acceptors (Lipinski definition) is 4. The van der Waals surface area contributed by atoms with Crippen molar-refractivity contribution < 1.29 is 19.6 Å². The van der Waals surface area contributed by atoms with E-state index in [1.807, 2.05) is 0 Å². The lowest BCUT2D eigenvalue weighted by molar-refractivity contribution is -0.338. The Balaban J connectivity index is 3.43. The molecule has 5 nitrogen and oxygen atoms in total. The van der Waals surface area contributed by atoms with Gasteiger partial charge in [0.15, 0.2) is 0 Å². The van der Waals surface area contributed by atoms with Gasteiger partial charge in [-0.2, -0.15) is 0 Å². The van der Waals surface area contributed by atoms with Gasteiger partial charge >= 0.3 is 5.97 Å². The molecule has 0 aliphatic rings. The first kappa shape index (κ1) is 8.35. The van der Waals surface area contributed by atoms with Gasteiger partial charge in [0.05, 0.1) is 14.2 Å². The molecule has 0 radical (unpaired) electrons. The van der Waals surface area contributed by atoms with E-state index in [2.05, 4.69) is 9.68 Å². The minimum atomic E-state index is -1.00. The van der Waals surface area contributed by atoms with Crippen LogP contribution < -0.4 is 0 Å². The van der Waals surface area contributed by atoms with Crippen LogP contribution in [0.3, 0.4) is 0 Å². The lowest BCUT2D eigenvalue weighted by Crippen LogP contribution is -2.27. The minimum Gasteiger partial charge on any atom is -0.480 e. The molecule has 0 aliphatic carbocycles. The second-order valence-corrected chi connectivity index (χ2v) is 1.25. The molecule has 0 bridgehead atoms. The van der Waals surface area contributed by atoms with E-state index in [1.165, 1.54) is 14.2 Å². The van der Waals surface area contributed by atoms with Gasteiger partial charge in [0.25, 0.3) is 0 Å². The predicted molar refractivity (Wildman–Crippen MR) is 28.4 cm³/mol. The van der Waals surface area contributed by atoms with Crippen LogP contribution >= 0.6 is 0 Å². The highest BCUT2D eigenvalue weighted by atomic mass is 16.9. The van der Waals surface area contributed by atoms with Gasteiger partial charge in [-0.25, -0.2) is 0 Å². The van der Waals surface area contributed by atoms with Gasteiger partial charge in [0.1, 0.15) is 6.54 Å². The molecule has 0 rings (SSSR count). The third-order valence-corrected chi connectivity index (χ3v) is 0.672. The van der Waals surface area contributed by atoms with Crippen molar-refractivity contribution in [2.45, 2.75) is 0 Å². The van der Waals surface area contributed by atoms with Crippen molar-refractivity contribution in [2.24, 2.45) is 0 Å². The number of hydroxylamine groups is 2. The number of carboxylic acid groups (broad SMARTS) is 1. The van der Waals surface area contributed by atoms with Gasteiger partial charge in [-0.15, -0.1) is 0 Å². The van der Waals surface area contributed by atoms with E-state index in [0.717, 1.165) is 5.23 Å².